The largest absolute Gasteiger partial charge is 0.469 e. The lowest BCUT2D eigenvalue weighted by molar-refractivity contribution is 0.510. The Bertz CT molecular complexity index is 627. The minimum absolute atomic E-state index is 0. The molecule has 0 radical (unpaired) electrons. The average Bonchev–Trinajstić information content (AvgIpc) is 3.02. The molecule has 2 aromatic rings. The molecular weight excluding hydrogens is 413 g/mol. The van der Waals surface area contributed by atoms with Crippen LogP contribution in [0, 0.1) is 5.92 Å². The van der Waals surface area contributed by atoms with E-state index in [0.29, 0.717) is 12.6 Å². The van der Waals surface area contributed by atoms with E-state index in [0.717, 1.165) is 24.1 Å². The molecule has 3 rings (SSSR count). The number of nitrogens with one attached hydrogen (secondary N) is 2. The number of aliphatic imine (C=N–C) groups is 1. The molecule has 0 aliphatic heterocycles. The van der Waals surface area contributed by atoms with Crippen molar-refractivity contribution in [3.8, 4) is 0 Å². The molecule has 3 atom stereocenters. The van der Waals surface area contributed by atoms with Crippen molar-refractivity contribution in [2.45, 2.75) is 38.8 Å². The summed E-state index contributed by atoms with van der Waals surface area (Å²) >= 11 is 0. The van der Waals surface area contributed by atoms with Crippen LogP contribution in [0.1, 0.15) is 37.6 Å². The smallest absolute Gasteiger partial charge is 0.191 e. The SMILES string of the molecule is CC(NC(=NCCc1ccco1)NC1CC1C)c1ccccc1.I. The summed E-state index contributed by atoms with van der Waals surface area (Å²) in [6.07, 6.45) is 3.75. The highest BCUT2D eigenvalue weighted by molar-refractivity contribution is 14.0. The fourth-order valence-corrected chi connectivity index (χ4v) is 2.59. The molecule has 1 aromatic heterocycles. The number of nitrogens with zero attached hydrogens (tertiary/aromatic N) is 1. The van der Waals surface area contributed by atoms with Gasteiger partial charge in [0.25, 0.3) is 0 Å². The lowest BCUT2D eigenvalue weighted by Crippen LogP contribution is -2.40. The molecule has 0 amide bonds. The second kappa shape index (κ2) is 9.11. The third-order valence-corrected chi connectivity index (χ3v) is 4.29. The van der Waals surface area contributed by atoms with E-state index < -0.39 is 0 Å². The third kappa shape index (κ3) is 5.54. The van der Waals surface area contributed by atoms with Crippen LogP contribution in [0.5, 0.6) is 0 Å². The summed E-state index contributed by atoms with van der Waals surface area (Å²) in [5.41, 5.74) is 1.26. The zero-order chi connectivity index (χ0) is 16.1. The predicted octanol–water partition coefficient (Wildman–Crippen LogP) is 4.14. The van der Waals surface area contributed by atoms with Crippen LogP contribution in [-0.4, -0.2) is 18.5 Å². The van der Waals surface area contributed by atoms with Crippen LogP contribution in [0.3, 0.4) is 0 Å². The quantitative estimate of drug-likeness (QED) is 0.404. The maximum Gasteiger partial charge on any atom is 0.191 e. The minimum Gasteiger partial charge on any atom is -0.469 e. The van der Waals surface area contributed by atoms with E-state index in [1.807, 2.05) is 18.2 Å². The molecule has 1 saturated carbocycles. The topological polar surface area (TPSA) is 49.6 Å². The Labute approximate surface area is 161 Å². The first-order valence-electron chi connectivity index (χ1n) is 8.37. The molecule has 24 heavy (non-hydrogen) atoms. The Hall–Kier alpha value is -1.50. The monoisotopic (exact) mass is 439 g/mol. The normalized spacial score (nSPS) is 20.8. The summed E-state index contributed by atoms with van der Waals surface area (Å²) in [7, 11) is 0. The van der Waals surface area contributed by atoms with E-state index in [1.54, 1.807) is 6.26 Å². The molecule has 3 unspecified atom stereocenters. The van der Waals surface area contributed by atoms with E-state index in [-0.39, 0.29) is 30.0 Å². The van der Waals surface area contributed by atoms with Gasteiger partial charge in [-0.25, -0.2) is 0 Å². The number of guanidine groups is 1. The van der Waals surface area contributed by atoms with Crippen LogP contribution in [0.2, 0.25) is 0 Å². The number of halogens is 1. The lowest BCUT2D eigenvalue weighted by Gasteiger charge is -2.18. The van der Waals surface area contributed by atoms with Crippen molar-refractivity contribution >= 4 is 29.9 Å². The maximum absolute atomic E-state index is 5.37. The van der Waals surface area contributed by atoms with Crippen LogP contribution in [0.15, 0.2) is 58.1 Å². The summed E-state index contributed by atoms with van der Waals surface area (Å²) in [4.78, 5) is 4.71. The molecule has 130 valence electrons. The van der Waals surface area contributed by atoms with E-state index in [2.05, 4.69) is 48.7 Å². The summed E-state index contributed by atoms with van der Waals surface area (Å²) in [5.74, 6) is 2.60. The molecule has 2 N–H and O–H groups in total. The number of rotatable bonds is 6. The number of hydrogen-bond donors (Lipinski definition) is 2. The number of benzene rings is 1. The molecule has 0 saturated heterocycles. The van der Waals surface area contributed by atoms with Crippen LogP contribution in [0.4, 0.5) is 0 Å². The van der Waals surface area contributed by atoms with Crippen LogP contribution >= 0.6 is 24.0 Å². The van der Waals surface area contributed by atoms with Gasteiger partial charge in [0.05, 0.1) is 12.3 Å². The van der Waals surface area contributed by atoms with E-state index >= 15 is 0 Å². The van der Waals surface area contributed by atoms with Gasteiger partial charge in [-0.15, -0.1) is 24.0 Å². The average molecular weight is 439 g/mol. The third-order valence-electron chi connectivity index (χ3n) is 4.29. The number of hydrogen-bond acceptors (Lipinski definition) is 2. The molecule has 0 spiro atoms. The molecule has 5 heteroatoms. The van der Waals surface area contributed by atoms with Gasteiger partial charge in [0.2, 0.25) is 0 Å². The van der Waals surface area contributed by atoms with Crippen molar-refractivity contribution in [3.63, 3.8) is 0 Å². The van der Waals surface area contributed by atoms with E-state index in [4.69, 9.17) is 9.41 Å². The molecule has 1 heterocycles. The number of furan rings is 1. The second-order valence-electron chi connectivity index (χ2n) is 6.30. The van der Waals surface area contributed by atoms with Gasteiger partial charge in [-0.3, -0.25) is 4.99 Å². The zero-order valence-corrected chi connectivity index (χ0v) is 16.6. The zero-order valence-electron chi connectivity index (χ0n) is 14.2. The summed E-state index contributed by atoms with van der Waals surface area (Å²) in [6.45, 7) is 5.14. The Morgan fingerprint density at radius 2 is 2.00 bits per heavy atom. The lowest BCUT2D eigenvalue weighted by atomic mass is 10.1. The van der Waals surface area contributed by atoms with Crippen molar-refractivity contribution in [3.05, 3.63) is 60.1 Å². The first-order chi connectivity index (χ1) is 11.2. The molecule has 1 aliphatic rings. The summed E-state index contributed by atoms with van der Waals surface area (Å²) < 4.78 is 5.37. The van der Waals surface area contributed by atoms with Gasteiger partial charge in [-0.2, -0.15) is 0 Å². The summed E-state index contributed by atoms with van der Waals surface area (Å²) in [5, 5.41) is 7.04. The van der Waals surface area contributed by atoms with Gasteiger partial charge >= 0.3 is 0 Å². The molecule has 1 fully saturated rings. The Kier molecular flexibility index (Phi) is 7.15. The molecule has 0 bridgehead atoms. The van der Waals surface area contributed by atoms with Crippen LogP contribution in [-0.2, 0) is 6.42 Å². The van der Waals surface area contributed by atoms with Gasteiger partial charge in [-0.1, -0.05) is 37.3 Å². The Balaban J connectivity index is 0.00000208. The van der Waals surface area contributed by atoms with Crippen molar-refractivity contribution in [1.29, 1.82) is 0 Å². The molecule has 1 aromatic carbocycles. The van der Waals surface area contributed by atoms with E-state index in [1.165, 1.54) is 12.0 Å². The Morgan fingerprint density at radius 1 is 1.25 bits per heavy atom. The molecule has 1 aliphatic carbocycles. The standard InChI is InChI=1S/C19H25N3O.HI/c1-14-13-18(14)22-19(20-11-10-17-9-6-12-23-17)21-15(2)16-7-4-3-5-8-16;/h3-9,12,14-15,18H,10-11,13H2,1-2H3,(H2,20,21,22);1H. The molecular formula is C19H26IN3O. The summed E-state index contributed by atoms with van der Waals surface area (Å²) in [6, 6.07) is 15.1. The second-order valence-corrected chi connectivity index (χ2v) is 6.30. The van der Waals surface area contributed by atoms with Gasteiger partial charge in [0, 0.05) is 19.0 Å². The molecule has 4 nitrogen and oxygen atoms in total. The highest BCUT2D eigenvalue weighted by atomic mass is 127. The fraction of sp³-hybridized carbons (Fsp3) is 0.421. The first-order valence-corrected chi connectivity index (χ1v) is 8.37. The van der Waals surface area contributed by atoms with Gasteiger partial charge in [0.1, 0.15) is 5.76 Å². The van der Waals surface area contributed by atoms with Crippen LogP contribution < -0.4 is 10.6 Å². The van der Waals surface area contributed by atoms with E-state index in [9.17, 15) is 0 Å². The van der Waals surface area contributed by atoms with Gasteiger partial charge < -0.3 is 15.1 Å². The Morgan fingerprint density at radius 3 is 2.62 bits per heavy atom. The van der Waals surface area contributed by atoms with Crippen molar-refractivity contribution in [2.75, 3.05) is 6.54 Å². The van der Waals surface area contributed by atoms with Crippen molar-refractivity contribution in [1.82, 2.24) is 10.6 Å². The first kappa shape index (κ1) is 18.8. The van der Waals surface area contributed by atoms with Crippen molar-refractivity contribution in [2.24, 2.45) is 10.9 Å². The maximum atomic E-state index is 5.37. The minimum atomic E-state index is 0. The van der Waals surface area contributed by atoms with Gasteiger partial charge in [0.15, 0.2) is 5.96 Å². The highest BCUT2D eigenvalue weighted by Gasteiger charge is 2.33. The predicted molar refractivity (Wildman–Crippen MR) is 109 cm³/mol. The van der Waals surface area contributed by atoms with Crippen LogP contribution in [0.25, 0.3) is 0 Å². The van der Waals surface area contributed by atoms with Gasteiger partial charge in [-0.05, 0) is 37.0 Å². The fourth-order valence-electron chi connectivity index (χ4n) is 2.59. The highest BCUT2D eigenvalue weighted by Crippen LogP contribution is 2.28. The van der Waals surface area contributed by atoms with Crippen molar-refractivity contribution < 1.29 is 4.42 Å².